The summed E-state index contributed by atoms with van der Waals surface area (Å²) in [6, 6.07) is 8.17. The molecule has 4 heteroatoms. The number of unbranched alkanes of at least 4 members (excludes halogenated alkanes) is 1. The summed E-state index contributed by atoms with van der Waals surface area (Å²) in [4.78, 5) is 0. The molecule has 0 saturated carbocycles. The largest absolute Gasteiger partial charge is 0.493 e. The lowest BCUT2D eigenvalue weighted by Gasteiger charge is -2.16. The molecule has 0 aliphatic rings. The Morgan fingerprint density at radius 2 is 2.10 bits per heavy atom. The fourth-order valence-electron chi connectivity index (χ4n) is 1.91. The first-order valence-corrected chi connectivity index (χ1v) is 7.74. The van der Waals surface area contributed by atoms with Crippen LogP contribution in [-0.2, 0) is 0 Å². The van der Waals surface area contributed by atoms with E-state index in [0.29, 0.717) is 6.61 Å². The smallest absolute Gasteiger partial charge is 0.124 e. The van der Waals surface area contributed by atoms with Crippen molar-refractivity contribution < 1.29 is 4.74 Å². The molecule has 20 heavy (non-hydrogen) atoms. The maximum atomic E-state index is 8.95. The number of hydrogen-bond donors (Lipinski definition) is 1. The minimum atomic E-state index is -0.242. The Labute approximate surface area is 130 Å². The van der Waals surface area contributed by atoms with E-state index < -0.39 is 0 Å². The second kappa shape index (κ2) is 7.66. The Balaban J connectivity index is 2.45. The van der Waals surface area contributed by atoms with Crippen molar-refractivity contribution in [3.05, 3.63) is 28.2 Å². The van der Waals surface area contributed by atoms with Crippen LogP contribution < -0.4 is 10.5 Å². The molecule has 0 spiro atoms. The lowest BCUT2D eigenvalue weighted by Crippen LogP contribution is -2.10. The number of rotatable bonds is 7. The van der Waals surface area contributed by atoms with E-state index in [-0.39, 0.29) is 11.5 Å². The van der Waals surface area contributed by atoms with Gasteiger partial charge >= 0.3 is 0 Å². The molecule has 0 saturated heterocycles. The predicted octanol–water partition coefficient (Wildman–Crippen LogP) is 4.57. The van der Waals surface area contributed by atoms with Crippen molar-refractivity contribution >= 4 is 15.9 Å². The van der Waals surface area contributed by atoms with Gasteiger partial charge in [-0.05, 0) is 58.2 Å². The zero-order valence-electron chi connectivity index (χ0n) is 12.4. The molecule has 0 fully saturated rings. The fourth-order valence-corrected chi connectivity index (χ4v) is 2.29. The summed E-state index contributed by atoms with van der Waals surface area (Å²) >= 11 is 3.45. The van der Waals surface area contributed by atoms with Gasteiger partial charge in [0.1, 0.15) is 5.75 Å². The highest BCUT2D eigenvalue weighted by Gasteiger charge is 2.15. The fraction of sp³-hybridized carbons (Fsp3) is 0.562. The van der Waals surface area contributed by atoms with Crippen molar-refractivity contribution in [2.45, 2.75) is 46.1 Å². The molecule has 2 N–H and O–H groups in total. The summed E-state index contributed by atoms with van der Waals surface area (Å²) in [6.45, 7) is 6.54. The molecule has 0 aromatic heterocycles. The van der Waals surface area contributed by atoms with E-state index in [1.165, 1.54) is 0 Å². The van der Waals surface area contributed by atoms with Gasteiger partial charge in [0.15, 0.2) is 0 Å². The average molecular weight is 339 g/mol. The number of nitriles is 1. The SMILES string of the molecule is CC(N)c1cc(Br)ccc1OCCCCC(C)(C)C#N. The Kier molecular flexibility index (Phi) is 6.51. The molecular formula is C16H23BrN2O. The highest BCUT2D eigenvalue weighted by atomic mass is 79.9. The number of benzene rings is 1. The number of ether oxygens (including phenoxy) is 1. The lowest BCUT2D eigenvalue weighted by molar-refractivity contribution is 0.291. The van der Waals surface area contributed by atoms with Crippen molar-refractivity contribution in [2.24, 2.45) is 11.1 Å². The molecule has 0 radical (unpaired) electrons. The average Bonchev–Trinajstić information content (AvgIpc) is 2.39. The minimum absolute atomic E-state index is 0.0555. The molecule has 0 aliphatic carbocycles. The van der Waals surface area contributed by atoms with Gasteiger partial charge < -0.3 is 10.5 Å². The number of halogens is 1. The normalized spacial score (nSPS) is 12.8. The Morgan fingerprint density at radius 3 is 2.70 bits per heavy atom. The summed E-state index contributed by atoms with van der Waals surface area (Å²) in [5, 5.41) is 8.95. The maximum Gasteiger partial charge on any atom is 0.124 e. The van der Waals surface area contributed by atoms with Crippen LogP contribution >= 0.6 is 15.9 Å². The van der Waals surface area contributed by atoms with Gasteiger partial charge in [0, 0.05) is 16.1 Å². The lowest BCUT2D eigenvalue weighted by atomic mass is 9.89. The van der Waals surface area contributed by atoms with Crippen LogP contribution in [0.2, 0.25) is 0 Å². The summed E-state index contributed by atoms with van der Waals surface area (Å²) in [5.74, 6) is 0.850. The molecule has 1 atom stereocenters. The molecule has 0 bridgehead atoms. The van der Waals surface area contributed by atoms with Gasteiger partial charge in [-0.3, -0.25) is 0 Å². The van der Waals surface area contributed by atoms with E-state index in [4.69, 9.17) is 15.7 Å². The topological polar surface area (TPSA) is 59.0 Å². The predicted molar refractivity (Wildman–Crippen MR) is 85.5 cm³/mol. The highest BCUT2D eigenvalue weighted by molar-refractivity contribution is 9.10. The van der Waals surface area contributed by atoms with Crippen LogP contribution in [0.1, 0.15) is 51.6 Å². The Hall–Kier alpha value is -1.05. The highest BCUT2D eigenvalue weighted by Crippen LogP contribution is 2.28. The standard InChI is InChI=1S/C16H23BrN2O/c1-12(19)14-10-13(17)6-7-15(14)20-9-5-4-8-16(2,3)11-18/h6-7,10,12H,4-5,8-9,19H2,1-3H3. The summed E-state index contributed by atoms with van der Waals surface area (Å²) in [5.41, 5.74) is 6.72. The van der Waals surface area contributed by atoms with Crippen LogP contribution in [0.25, 0.3) is 0 Å². The molecule has 1 unspecified atom stereocenters. The third-order valence-electron chi connectivity index (χ3n) is 3.22. The first-order chi connectivity index (χ1) is 9.35. The monoisotopic (exact) mass is 338 g/mol. The van der Waals surface area contributed by atoms with Gasteiger partial charge in [-0.2, -0.15) is 5.26 Å². The van der Waals surface area contributed by atoms with Gasteiger partial charge in [-0.1, -0.05) is 15.9 Å². The summed E-state index contributed by atoms with van der Waals surface area (Å²) in [6.07, 6.45) is 2.83. The Bertz CT molecular complexity index is 478. The van der Waals surface area contributed by atoms with E-state index in [1.807, 2.05) is 39.0 Å². The van der Waals surface area contributed by atoms with Crippen LogP contribution in [-0.4, -0.2) is 6.61 Å². The van der Waals surface area contributed by atoms with Gasteiger partial charge in [0.05, 0.1) is 18.1 Å². The van der Waals surface area contributed by atoms with E-state index >= 15 is 0 Å². The molecule has 1 aromatic rings. The second-order valence-corrected chi connectivity index (χ2v) is 6.69. The quantitative estimate of drug-likeness (QED) is 0.741. The first kappa shape index (κ1) is 17.0. The first-order valence-electron chi connectivity index (χ1n) is 6.95. The van der Waals surface area contributed by atoms with Crippen LogP contribution in [0.4, 0.5) is 0 Å². The van der Waals surface area contributed by atoms with Crippen molar-refractivity contribution in [3.8, 4) is 11.8 Å². The molecule has 110 valence electrons. The zero-order valence-corrected chi connectivity index (χ0v) is 14.0. The number of nitrogens with two attached hydrogens (primary N) is 1. The van der Waals surface area contributed by atoms with Gasteiger partial charge in [0.25, 0.3) is 0 Å². The minimum Gasteiger partial charge on any atom is -0.493 e. The van der Waals surface area contributed by atoms with Crippen molar-refractivity contribution in [1.82, 2.24) is 0 Å². The molecule has 1 rings (SSSR count). The molecule has 3 nitrogen and oxygen atoms in total. The third kappa shape index (κ3) is 5.52. The number of nitrogens with zero attached hydrogens (tertiary/aromatic N) is 1. The molecular weight excluding hydrogens is 316 g/mol. The molecule has 1 aromatic carbocycles. The van der Waals surface area contributed by atoms with E-state index in [2.05, 4.69) is 22.0 Å². The van der Waals surface area contributed by atoms with E-state index in [1.54, 1.807) is 0 Å². The third-order valence-corrected chi connectivity index (χ3v) is 3.71. The Morgan fingerprint density at radius 1 is 1.40 bits per heavy atom. The van der Waals surface area contributed by atoms with Crippen LogP contribution in [0.3, 0.4) is 0 Å². The van der Waals surface area contributed by atoms with Crippen molar-refractivity contribution in [2.75, 3.05) is 6.61 Å². The summed E-state index contributed by atoms with van der Waals surface area (Å²) < 4.78 is 6.83. The van der Waals surface area contributed by atoms with E-state index in [0.717, 1.165) is 35.0 Å². The molecule has 0 amide bonds. The van der Waals surface area contributed by atoms with Crippen molar-refractivity contribution in [3.63, 3.8) is 0 Å². The second-order valence-electron chi connectivity index (χ2n) is 5.77. The van der Waals surface area contributed by atoms with Crippen LogP contribution in [0.15, 0.2) is 22.7 Å². The van der Waals surface area contributed by atoms with Gasteiger partial charge in [-0.25, -0.2) is 0 Å². The van der Waals surface area contributed by atoms with Crippen LogP contribution in [0.5, 0.6) is 5.75 Å². The van der Waals surface area contributed by atoms with Crippen LogP contribution in [0, 0.1) is 16.7 Å². The zero-order chi connectivity index (χ0) is 15.2. The molecule has 0 heterocycles. The van der Waals surface area contributed by atoms with Crippen molar-refractivity contribution in [1.29, 1.82) is 5.26 Å². The summed E-state index contributed by atoms with van der Waals surface area (Å²) in [7, 11) is 0. The van der Waals surface area contributed by atoms with Gasteiger partial charge in [0.2, 0.25) is 0 Å². The van der Waals surface area contributed by atoms with Gasteiger partial charge in [-0.15, -0.1) is 0 Å². The molecule has 0 aliphatic heterocycles. The number of hydrogen-bond acceptors (Lipinski definition) is 3. The maximum absolute atomic E-state index is 8.95. The van der Waals surface area contributed by atoms with E-state index in [9.17, 15) is 0 Å².